The zero-order chi connectivity index (χ0) is 12.7. The first-order chi connectivity index (χ1) is 7.32. The van der Waals surface area contributed by atoms with Crippen molar-refractivity contribution in [3.63, 3.8) is 0 Å². The minimum Gasteiger partial charge on any atom is -0.352 e. The molecule has 4 N–H and O–H groups in total. The number of carbonyl (C=O) groups excluding carboxylic acids is 2. The first-order valence-electron chi connectivity index (χ1n) is 5.00. The Morgan fingerprint density at radius 2 is 2.00 bits per heavy atom. The zero-order valence-corrected chi connectivity index (χ0v) is 10.3. The summed E-state index contributed by atoms with van der Waals surface area (Å²) < 4.78 is 0. The van der Waals surface area contributed by atoms with Gasteiger partial charge in [0.2, 0.25) is 5.91 Å². The van der Waals surface area contributed by atoms with Crippen LogP contribution in [0.1, 0.15) is 20.3 Å². The van der Waals surface area contributed by atoms with Gasteiger partial charge >= 0.3 is 6.03 Å². The molecule has 1 atom stereocenters. The molecule has 0 aromatic carbocycles. The SMILES string of the molecule is C=C(Cl)CNC(=O)C(CC(C)C)NC(N)=O. The van der Waals surface area contributed by atoms with Crippen molar-refractivity contribution in [2.75, 3.05) is 6.54 Å². The van der Waals surface area contributed by atoms with E-state index in [2.05, 4.69) is 17.2 Å². The normalized spacial score (nSPS) is 12.0. The van der Waals surface area contributed by atoms with E-state index >= 15 is 0 Å². The van der Waals surface area contributed by atoms with Crippen LogP contribution < -0.4 is 16.4 Å². The maximum atomic E-state index is 11.6. The topological polar surface area (TPSA) is 84.2 Å². The van der Waals surface area contributed by atoms with Crippen molar-refractivity contribution in [1.29, 1.82) is 0 Å². The molecule has 0 bridgehead atoms. The van der Waals surface area contributed by atoms with E-state index in [9.17, 15) is 9.59 Å². The predicted octanol–water partition coefficient (Wildman–Crippen LogP) is 0.938. The first kappa shape index (κ1) is 14.8. The van der Waals surface area contributed by atoms with Crippen LogP contribution in [0.5, 0.6) is 0 Å². The average molecular weight is 248 g/mol. The Hall–Kier alpha value is -1.23. The van der Waals surface area contributed by atoms with Crippen molar-refractivity contribution in [2.24, 2.45) is 11.7 Å². The van der Waals surface area contributed by atoms with Gasteiger partial charge in [-0.2, -0.15) is 0 Å². The van der Waals surface area contributed by atoms with Crippen molar-refractivity contribution in [2.45, 2.75) is 26.3 Å². The van der Waals surface area contributed by atoms with E-state index in [4.69, 9.17) is 17.3 Å². The van der Waals surface area contributed by atoms with Gasteiger partial charge in [0.1, 0.15) is 6.04 Å². The van der Waals surface area contributed by atoms with Gasteiger partial charge in [0, 0.05) is 5.03 Å². The van der Waals surface area contributed by atoms with E-state index < -0.39 is 12.1 Å². The molecule has 0 saturated heterocycles. The lowest BCUT2D eigenvalue weighted by Crippen LogP contribution is -2.49. The Morgan fingerprint density at radius 3 is 2.38 bits per heavy atom. The quantitative estimate of drug-likeness (QED) is 0.653. The molecule has 0 aliphatic heterocycles. The van der Waals surface area contributed by atoms with E-state index in [-0.39, 0.29) is 18.4 Å². The van der Waals surface area contributed by atoms with Gasteiger partial charge in [-0.3, -0.25) is 4.79 Å². The van der Waals surface area contributed by atoms with Gasteiger partial charge in [-0.1, -0.05) is 32.0 Å². The molecular weight excluding hydrogens is 230 g/mol. The molecule has 0 aromatic rings. The van der Waals surface area contributed by atoms with Crippen molar-refractivity contribution in [3.05, 3.63) is 11.6 Å². The van der Waals surface area contributed by atoms with Crippen molar-refractivity contribution in [1.82, 2.24) is 10.6 Å². The molecule has 0 heterocycles. The van der Waals surface area contributed by atoms with E-state index in [0.29, 0.717) is 11.5 Å². The lowest BCUT2D eigenvalue weighted by atomic mass is 10.0. The van der Waals surface area contributed by atoms with E-state index in [1.807, 2.05) is 13.8 Å². The number of amides is 3. The van der Waals surface area contributed by atoms with E-state index in [1.54, 1.807) is 0 Å². The fraction of sp³-hybridized carbons (Fsp3) is 0.600. The predicted molar refractivity (Wildman–Crippen MR) is 64.0 cm³/mol. The zero-order valence-electron chi connectivity index (χ0n) is 9.55. The van der Waals surface area contributed by atoms with Crippen LogP contribution in [0.3, 0.4) is 0 Å². The Bertz CT molecular complexity index is 279. The molecule has 1 unspecified atom stereocenters. The van der Waals surface area contributed by atoms with Gasteiger partial charge in [-0.05, 0) is 12.3 Å². The monoisotopic (exact) mass is 247 g/mol. The second kappa shape index (κ2) is 7.11. The summed E-state index contributed by atoms with van der Waals surface area (Å²) in [5.74, 6) is -0.0453. The van der Waals surface area contributed by atoms with Gasteiger partial charge in [0.15, 0.2) is 0 Å². The van der Waals surface area contributed by atoms with Crippen LogP contribution in [-0.2, 0) is 4.79 Å². The summed E-state index contributed by atoms with van der Waals surface area (Å²) in [5, 5.41) is 5.27. The van der Waals surface area contributed by atoms with Crippen molar-refractivity contribution >= 4 is 23.5 Å². The van der Waals surface area contributed by atoms with Crippen molar-refractivity contribution in [3.8, 4) is 0 Å². The third kappa shape index (κ3) is 7.11. The molecular formula is C10H18ClN3O2. The average Bonchev–Trinajstić information content (AvgIpc) is 2.11. The smallest absolute Gasteiger partial charge is 0.312 e. The minimum absolute atomic E-state index is 0.176. The Balaban J connectivity index is 4.31. The maximum Gasteiger partial charge on any atom is 0.312 e. The van der Waals surface area contributed by atoms with Gasteiger partial charge in [-0.25, -0.2) is 4.79 Å². The summed E-state index contributed by atoms with van der Waals surface area (Å²) in [7, 11) is 0. The fourth-order valence-corrected chi connectivity index (χ4v) is 1.25. The summed E-state index contributed by atoms with van der Waals surface area (Å²) >= 11 is 5.52. The van der Waals surface area contributed by atoms with Crippen LogP contribution >= 0.6 is 11.6 Å². The molecule has 3 amide bonds. The van der Waals surface area contributed by atoms with Crippen LogP contribution in [0.4, 0.5) is 4.79 Å². The van der Waals surface area contributed by atoms with Crippen LogP contribution in [0.15, 0.2) is 11.6 Å². The molecule has 5 nitrogen and oxygen atoms in total. The minimum atomic E-state index is -0.717. The number of nitrogens with one attached hydrogen (secondary N) is 2. The van der Waals surface area contributed by atoms with Gasteiger partial charge in [0.05, 0.1) is 6.54 Å². The summed E-state index contributed by atoms with van der Waals surface area (Å²) in [6.07, 6.45) is 0.517. The molecule has 6 heteroatoms. The summed E-state index contributed by atoms with van der Waals surface area (Å²) in [5.41, 5.74) is 4.99. The standard InChI is InChI=1S/C10H18ClN3O2/c1-6(2)4-8(14-10(12)16)9(15)13-5-7(3)11/h6,8H,3-5H2,1-2H3,(H,13,15)(H3,12,14,16). The summed E-state index contributed by atoms with van der Waals surface area (Å²) in [6, 6.07) is -1.35. The number of nitrogens with two attached hydrogens (primary N) is 1. The van der Waals surface area contributed by atoms with Crippen LogP contribution in [-0.4, -0.2) is 24.5 Å². The first-order valence-corrected chi connectivity index (χ1v) is 5.37. The van der Waals surface area contributed by atoms with Crippen LogP contribution in [0, 0.1) is 5.92 Å². The van der Waals surface area contributed by atoms with Crippen LogP contribution in [0.25, 0.3) is 0 Å². The molecule has 0 aliphatic rings. The number of carbonyl (C=O) groups is 2. The third-order valence-electron chi connectivity index (χ3n) is 1.79. The molecule has 0 radical (unpaired) electrons. The Labute approximate surface area is 100 Å². The Morgan fingerprint density at radius 1 is 1.44 bits per heavy atom. The number of hydrogen-bond acceptors (Lipinski definition) is 2. The second-order valence-electron chi connectivity index (χ2n) is 3.93. The molecule has 0 fully saturated rings. The van der Waals surface area contributed by atoms with Gasteiger partial charge in [0.25, 0.3) is 0 Å². The molecule has 0 spiro atoms. The third-order valence-corrected chi connectivity index (χ3v) is 1.93. The number of halogens is 1. The van der Waals surface area contributed by atoms with E-state index in [1.165, 1.54) is 0 Å². The highest BCUT2D eigenvalue weighted by Gasteiger charge is 2.20. The number of primary amides is 1. The molecule has 0 aliphatic carbocycles. The van der Waals surface area contributed by atoms with Crippen LogP contribution in [0.2, 0.25) is 0 Å². The Kier molecular flexibility index (Phi) is 6.56. The second-order valence-corrected chi connectivity index (χ2v) is 4.46. The number of urea groups is 1. The molecule has 92 valence electrons. The summed E-state index contributed by atoms with van der Waals surface area (Å²) in [6.45, 7) is 7.52. The summed E-state index contributed by atoms with van der Waals surface area (Å²) in [4.78, 5) is 22.4. The largest absolute Gasteiger partial charge is 0.352 e. The highest BCUT2D eigenvalue weighted by molar-refractivity contribution is 6.29. The van der Waals surface area contributed by atoms with Gasteiger partial charge in [-0.15, -0.1) is 0 Å². The highest BCUT2D eigenvalue weighted by Crippen LogP contribution is 2.05. The van der Waals surface area contributed by atoms with Gasteiger partial charge < -0.3 is 16.4 Å². The molecule has 0 rings (SSSR count). The molecule has 0 saturated carbocycles. The van der Waals surface area contributed by atoms with Crippen molar-refractivity contribution < 1.29 is 9.59 Å². The number of rotatable bonds is 6. The fourth-order valence-electron chi connectivity index (χ4n) is 1.18. The lowest BCUT2D eigenvalue weighted by molar-refractivity contribution is -0.123. The lowest BCUT2D eigenvalue weighted by Gasteiger charge is -2.18. The maximum absolute atomic E-state index is 11.6. The molecule has 0 aromatic heterocycles. The molecule has 16 heavy (non-hydrogen) atoms. The number of hydrogen-bond donors (Lipinski definition) is 3. The van der Waals surface area contributed by atoms with E-state index in [0.717, 1.165) is 0 Å². The highest BCUT2D eigenvalue weighted by atomic mass is 35.5.